The lowest BCUT2D eigenvalue weighted by Gasteiger charge is -2.18. The first-order chi connectivity index (χ1) is 9.04. The number of rotatable bonds is 5. The van der Waals surface area contributed by atoms with Gasteiger partial charge < -0.3 is 9.88 Å². The molecule has 4 nitrogen and oxygen atoms in total. The van der Waals surface area contributed by atoms with Gasteiger partial charge in [-0.2, -0.15) is 0 Å². The summed E-state index contributed by atoms with van der Waals surface area (Å²) in [5.41, 5.74) is 2.33. The lowest BCUT2D eigenvalue weighted by molar-refractivity contribution is 0.534. The number of nitrogens with one attached hydrogen (secondary N) is 1. The number of aromatic nitrogens is 3. The molecule has 0 aliphatic carbocycles. The Kier molecular flexibility index (Phi) is 4.37. The van der Waals surface area contributed by atoms with Gasteiger partial charge in [0, 0.05) is 11.4 Å². The van der Waals surface area contributed by atoms with Crippen molar-refractivity contribution in [2.45, 2.75) is 45.7 Å². The van der Waals surface area contributed by atoms with Gasteiger partial charge in [0.1, 0.15) is 11.0 Å². The van der Waals surface area contributed by atoms with Gasteiger partial charge in [0.15, 0.2) is 0 Å². The molecular formula is C14H22N4S. The molecule has 0 saturated carbocycles. The maximum absolute atomic E-state index is 4.75. The molecule has 2 rings (SSSR count). The van der Waals surface area contributed by atoms with Gasteiger partial charge in [0.25, 0.3) is 0 Å². The topological polar surface area (TPSA) is 42.7 Å². The maximum atomic E-state index is 4.75. The third kappa shape index (κ3) is 2.87. The van der Waals surface area contributed by atoms with Crippen molar-refractivity contribution in [3.8, 4) is 0 Å². The Morgan fingerprint density at radius 1 is 1.26 bits per heavy atom. The summed E-state index contributed by atoms with van der Waals surface area (Å²) in [6, 6.07) is 0.514. The highest BCUT2D eigenvalue weighted by atomic mass is 32.1. The third-order valence-corrected chi connectivity index (χ3v) is 4.14. The molecule has 5 heteroatoms. The highest BCUT2D eigenvalue weighted by Crippen LogP contribution is 2.28. The standard InChI is InChI=1S/C14H22N4S/c1-9(2)11-7-19-14(17-11)13(15-5)12-6-16-8-18(12)10(3)4/h6-10,13,15H,1-5H3. The van der Waals surface area contributed by atoms with Crippen molar-refractivity contribution in [3.05, 3.63) is 34.3 Å². The van der Waals surface area contributed by atoms with Crippen LogP contribution in [0.1, 0.15) is 62.1 Å². The Bertz CT molecular complexity index is 527. The van der Waals surface area contributed by atoms with Gasteiger partial charge in [-0.25, -0.2) is 9.97 Å². The minimum atomic E-state index is 0.113. The van der Waals surface area contributed by atoms with Gasteiger partial charge >= 0.3 is 0 Å². The second-order valence-electron chi connectivity index (χ2n) is 5.31. The smallest absolute Gasteiger partial charge is 0.116 e. The molecule has 1 unspecified atom stereocenters. The molecule has 1 N–H and O–H groups in total. The molecule has 0 saturated heterocycles. The average molecular weight is 278 g/mol. The van der Waals surface area contributed by atoms with Crippen molar-refractivity contribution in [2.75, 3.05) is 7.05 Å². The highest BCUT2D eigenvalue weighted by Gasteiger charge is 2.21. The van der Waals surface area contributed by atoms with E-state index < -0.39 is 0 Å². The van der Waals surface area contributed by atoms with Crippen molar-refractivity contribution in [3.63, 3.8) is 0 Å². The van der Waals surface area contributed by atoms with Gasteiger partial charge in [-0.1, -0.05) is 13.8 Å². The van der Waals surface area contributed by atoms with Crippen molar-refractivity contribution in [1.29, 1.82) is 0 Å². The van der Waals surface area contributed by atoms with Gasteiger partial charge in [-0.3, -0.25) is 0 Å². The average Bonchev–Trinajstić information content (AvgIpc) is 2.98. The molecule has 2 heterocycles. The van der Waals surface area contributed by atoms with Crippen molar-refractivity contribution < 1.29 is 0 Å². The predicted octanol–water partition coefficient (Wildman–Crippen LogP) is 3.35. The van der Waals surface area contributed by atoms with Crippen LogP contribution < -0.4 is 5.32 Å². The SMILES string of the molecule is CNC(c1nc(C(C)C)cs1)c1cncn1C(C)C. The van der Waals surface area contributed by atoms with Crippen LogP contribution in [-0.2, 0) is 0 Å². The van der Waals surface area contributed by atoms with E-state index in [1.165, 1.54) is 5.69 Å². The van der Waals surface area contributed by atoms with Gasteiger partial charge in [-0.15, -0.1) is 11.3 Å². The summed E-state index contributed by atoms with van der Waals surface area (Å²) < 4.78 is 2.19. The minimum absolute atomic E-state index is 0.113. The fourth-order valence-electron chi connectivity index (χ4n) is 2.07. The fourth-order valence-corrected chi connectivity index (χ4v) is 3.17. The monoisotopic (exact) mass is 278 g/mol. The molecule has 2 aromatic rings. The predicted molar refractivity (Wildman–Crippen MR) is 79.7 cm³/mol. The van der Waals surface area contributed by atoms with Crippen molar-refractivity contribution in [2.24, 2.45) is 0 Å². The van der Waals surface area contributed by atoms with Crippen LogP contribution in [0.3, 0.4) is 0 Å². The van der Waals surface area contributed by atoms with Crippen LogP contribution in [0.5, 0.6) is 0 Å². The normalized spacial score (nSPS) is 13.4. The van der Waals surface area contributed by atoms with Gasteiger partial charge in [0.2, 0.25) is 0 Å². The summed E-state index contributed by atoms with van der Waals surface area (Å²) in [6.07, 6.45) is 3.82. The van der Waals surface area contributed by atoms with Gasteiger partial charge in [-0.05, 0) is 26.8 Å². The first-order valence-electron chi connectivity index (χ1n) is 6.68. The number of hydrogen-bond acceptors (Lipinski definition) is 4. The summed E-state index contributed by atoms with van der Waals surface area (Å²) >= 11 is 1.71. The number of hydrogen-bond donors (Lipinski definition) is 1. The maximum Gasteiger partial charge on any atom is 0.116 e. The molecule has 0 aromatic carbocycles. The van der Waals surface area contributed by atoms with Gasteiger partial charge in [0.05, 0.1) is 23.9 Å². The molecule has 0 bridgehead atoms. The third-order valence-electron chi connectivity index (χ3n) is 3.21. The Balaban J connectivity index is 2.35. The lowest BCUT2D eigenvalue weighted by Crippen LogP contribution is -2.21. The highest BCUT2D eigenvalue weighted by molar-refractivity contribution is 7.09. The largest absolute Gasteiger partial charge is 0.330 e. The van der Waals surface area contributed by atoms with Crippen LogP contribution >= 0.6 is 11.3 Å². The summed E-state index contributed by atoms with van der Waals surface area (Å²) in [6.45, 7) is 8.68. The second-order valence-corrected chi connectivity index (χ2v) is 6.20. The first-order valence-corrected chi connectivity index (χ1v) is 7.56. The summed E-state index contributed by atoms with van der Waals surface area (Å²) in [4.78, 5) is 9.03. The van der Waals surface area contributed by atoms with E-state index >= 15 is 0 Å². The Labute approximate surface area is 118 Å². The zero-order valence-corrected chi connectivity index (χ0v) is 13.0. The number of nitrogens with zero attached hydrogens (tertiary/aromatic N) is 3. The number of imidazole rings is 1. The number of thiazole rings is 1. The van der Waals surface area contributed by atoms with E-state index in [4.69, 9.17) is 4.98 Å². The molecule has 0 spiro atoms. The van der Waals surface area contributed by atoms with Crippen LogP contribution in [-0.4, -0.2) is 21.6 Å². The molecule has 0 amide bonds. The van der Waals surface area contributed by atoms with Crippen LogP contribution in [0.4, 0.5) is 0 Å². The summed E-state index contributed by atoms with van der Waals surface area (Å²) in [7, 11) is 1.97. The van der Waals surface area contributed by atoms with Crippen molar-refractivity contribution in [1.82, 2.24) is 19.9 Å². The van der Waals surface area contributed by atoms with E-state index in [0.717, 1.165) is 10.7 Å². The summed E-state index contributed by atoms with van der Waals surface area (Å²) in [5, 5.41) is 6.61. The van der Waals surface area contributed by atoms with Crippen LogP contribution in [0.25, 0.3) is 0 Å². The first kappa shape index (κ1) is 14.2. The Morgan fingerprint density at radius 2 is 2.00 bits per heavy atom. The molecule has 19 heavy (non-hydrogen) atoms. The second kappa shape index (κ2) is 5.84. The van der Waals surface area contributed by atoms with E-state index in [1.54, 1.807) is 11.3 Å². The zero-order valence-electron chi connectivity index (χ0n) is 12.2. The van der Waals surface area contributed by atoms with Crippen LogP contribution in [0.15, 0.2) is 17.9 Å². The van der Waals surface area contributed by atoms with E-state index in [2.05, 4.69) is 47.9 Å². The Hall–Kier alpha value is -1.20. The minimum Gasteiger partial charge on any atom is -0.330 e. The van der Waals surface area contributed by atoms with E-state index in [9.17, 15) is 0 Å². The fraction of sp³-hybridized carbons (Fsp3) is 0.571. The quantitative estimate of drug-likeness (QED) is 0.912. The molecule has 104 valence electrons. The van der Waals surface area contributed by atoms with E-state index in [-0.39, 0.29) is 6.04 Å². The molecule has 0 aliphatic rings. The van der Waals surface area contributed by atoms with Crippen molar-refractivity contribution >= 4 is 11.3 Å². The molecule has 2 aromatic heterocycles. The molecular weight excluding hydrogens is 256 g/mol. The molecule has 0 radical (unpaired) electrons. The van der Waals surface area contributed by atoms with Crippen LogP contribution in [0.2, 0.25) is 0 Å². The lowest BCUT2D eigenvalue weighted by atomic mass is 10.1. The van der Waals surface area contributed by atoms with E-state index in [1.807, 2.05) is 19.6 Å². The summed E-state index contributed by atoms with van der Waals surface area (Å²) in [5.74, 6) is 0.470. The van der Waals surface area contributed by atoms with Crippen LogP contribution in [0, 0.1) is 0 Å². The van der Waals surface area contributed by atoms with E-state index in [0.29, 0.717) is 12.0 Å². The molecule has 0 aliphatic heterocycles. The molecule has 0 fully saturated rings. The molecule has 1 atom stereocenters. The Morgan fingerprint density at radius 3 is 2.53 bits per heavy atom. The zero-order chi connectivity index (χ0) is 14.0.